The molecule has 0 aliphatic heterocycles. The molecule has 0 N–H and O–H groups in total. The Kier molecular flexibility index (Phi) is 95.5. The van der Waals surface area contributed by atoms with Gasteiger partial charge in [-0.25, -0.2) is 0 Å². The fourth-order valence-corrected chi connectivity index (χ4v) is 17.3. The molecule has 0 aromatic rings. The number of esters is 4. The quantitative estimate of drug-likeness (QED) is 0.0337. The zero-order chi connectivity index (χ0) is 83.1. The molecular formula is C107H208O8. The van der Waals surface area contributed by atoms with Crippen molar-refractivity contribution in [2.75, 3.05) is 26.4 Å². The lowest BCUT2D eigenvalue weighted by Gasteiger charge is -2.31. The topological polar surface area (TPSA) is 105 Å². The Bertz CT molecular complexity index is 1730. The van der Waals surface area contributed by atoms with Crippen molar-refractivity contribution < 1.29 is 38.1 Å². The minimum atomic E-state index is -1.21. The molecule has 8 heteroatoms. The number of unbranched alkanes of at least 4 members (excludes halogenated alkanes) is 83. The van der Waals surface area contributed by atoms with Crippen molar-refractivity contribution in [3.63, 3.8) is 0 Å². The first-order valence-electron chi connectivity index (χ1n) is 53.3. The van der Waals surface area contributed by atoms with E-state index < -0.39 is 5.41 Å². The van der Waals surface area contributed by atoms with Crippen LogP contribution >= 0.6 is 0 Å². The Morgan fingerprint density at radius 3 is 0.383 bits per heavy atom. The second-order valence-corrected chi connectivity index (χ2v) is 38.0. The summed E-state index contributed by atoms with van der Waals surface area (Å²) in [6, 6.07) is 0. The molecule has 0 saturated carbocycles. The fraction of sp³-hybridized carbons (Fsp3) is 0.963. The normalized spacial score (nSPS) is 11.8. The Morgan fingerprint density at radius 1 is 0.165 bits per heavy atom. The van der Waals surface area contributed by atoms with Gasteiger partial charge in [-0.3, -0.25) is 19.2 Å². The molecule has 0 heterocycles. The van der Waals surface area contributed by atoms with Gasteiger partial charge in [-0.05, 0) is 31.6 Å². The summed E-state index contributed by atoms with van der Waals surface area (Å²) in [6.45, 7) is 10.9. The highest BCUT2D eigenvalue weighted by molar-refractivity contribution is 5.71. The van der Waals surface area contributed by atoms with Crippen LogP contribution in [-0.4, -0.2) is 50.3 Å². The van der Waals surface area contributed by atoms with Crippen molar-refractivity contribution in [2.45, 2.75) is 625 Å². The van der Waals surface area contributed by atoms with Gasteiger partial charge in [-0.1, -0.05) is 574 Å². The van der Waals surface area contributed by atoms with Crippen LogP contribution in [0.25, 0.3) is 0 Å². The van der Waals surface area contributed by atoms with Crippen LogP contribution in [0.4, 0.5) is 0 Å². The summed E-state index contributed by atoms with van der Waals surface area (Å²) in [5, 5.41) is 0. The van der Waals surface area contributed by atoms with Gasteiger partial charge in [0, 0.05) is 25.7 Å². The van der Waals surface area contributed by atoms with Crippen LogP contribution < -0.4 is 0 Å². The first-order valence-corrected chi connectivity index (χ1v) is 53.3. The lowest BCUT2D eigenvalue weighted by molar-refractivity contribution is -0.170. The molecule has 0 saturated heterocycles. The lowest BCUT2D eigenvalue weighted by Crippen LogP contribution is -2.44. The minimum Gasteiger partial charge on any atom is -0.465 e. The summed E-state index contributed by atoms with van der Waals surface area (Å²) in [5.41, 5.74) is -1.21. The Hall–Kier alpha value is -2.12. The van der Waals surface area contributed by atoms with Gasteiger partial charge in [-0.15, -0.1) is 0 Å². The Balaban J connectivity index is 5.27. The van der Waals surface area contributed by atoms with Gasteiger partial charge >= 0.3 is 23.9 Å². The van der Waals surface area contributed by atoms with E-state index in [-0.39, 0.29) is 50.3 Å². The molecule has 0 unspecified atom stereocenters. The first-order chi connectivity index (χ1) is 56.7. The van der Waals surface area contributed by atoms with Crippen molar-refractivity contribution in [3.8, 4) is 0 Å². The smallest absolute Gasteiger partial charge is 0.305 e. The molecule has 0 aromatic carbocycles. The van der Waals surface area contributed by atoms with Crippen LogP contribution in [0, 0.1) is 11.3 Å². The lowest BCUT2D eigenvalue weighted by atomic mass is 9.92. The second-order valence-electron chi connectivity index (χ2n) is 38.0. The molecule has 0 radical (unpaired) electrons. The molecule has 0 spiro atoms. The number of carbonyl (C=O) groups excluding carboxylic acids is 4. The fourth-order valence-electron chi connectivity index (χ4n) is 17.3. The SMILES string of the molecule is CCCCCCCCCCCCCCCCCCCCCCCCCCCC(=O)OCC(COC(=O)CCCCCCCCCCCCCCCCCCCCCCCCCCC)(COC(=O)CCCCCCCCCCCCCCCCCCCCCCCCCCC)COC(=O)CCCCCCCCCCCCCCC(C)C. The average Bonchev–Trinajstić information content (AvgIpc) is 0.852. The maximum atomic E-state index is 13.6. The number of rotatable bonds is 101. The van der Waals surface area contributed by atoms with Crippen LogP contribution in [0.15, 0.2) is 0 Å². The zero-order valence-corrected chi connectivity index (χ0v) is 79.2. The molecule has 8 nitrogen and oxygen atoms in total. The van der Waals surface area contributed by atoms with E-state index >= 15 is 0 Å². The van der Waals surface area contributed by atoms with E-state index in [0.717, 1.165) is 83.0 Å². The van der Waals surface area contributed by atoms with E-state index in [2.05, 4.69) is 34.6 Å². The van der Waals surface area contributed by atoms with Crippen LogP contribution in [0.2, 0.25) is 0 Å². The van der Waals surface area contributed by atoms with Crippen molar-refractivity contribution in [1.29, 1.82) is 0 Å². The summed E-state index contributed by atoms with van der Waals surface area (Å²) in [4.78, 5) is 54.4. The Morgan fingerprint density at radius 2 is 0.270 bits per heavy atom. The van der Waals surface area contributed by atoms with E-state index in [4.69, 9.17) is 18.9 Å². The molecule has 0 atom stereocenters. The van der Waals surface area contributed by atoms with E-state index in [9.17, 15) is 19.2 Å². The second kappa shape index (κ2) is 97.3. The van der Waals surface area contributed by atoms with E-state index in [0.29, 0.717) is 25.7 Å². The van der Waals surface area contributed by atoms with Crippen molar-refractivity contribution in [1.82, 2.24) is 0 Å². The summed E-state index contributed by atoms with van der Waals surface area (Å²) >= 11 is 0. The molecule has 0 aliphatic rings. The molecular weight excluding hydrogens is 1410 g/mol. The largest absolute Gasteiger partial charge is 0.465 e. The van der Waals surface area contributed by atoms with Crippen LogP contribution in [-0.2, 0) is 38.1 Å². The third kappa shape index (κ3) is 94.0. The zero-order valence-electron chi connectivity index (χ0n) is 79.2. The van der Waals surface area contributed by atoms with E-state index in [1.54, 1.807) is 0 Å². The molecule has 684 valence electrons. The maximum Gasteiger partial charge on any atom is 0.305 e. The van der Waals surface area contributed by atoms with Crippen molar-refractivity contribution >= 4 is 23.9 Å². The number of ether oxygens (including phenoxy) is 4. The van der Waals surface area contributed by atoms with Gasteiger partial charge in [0.25, 0.3) is 0 Å². The van der Waals surface area contributed by atoms with Gasteiger partial charge in [0.1, 0.15) is 31.8 Å². The maximum absolute atomic E-state index is 13.6. The predicted molar refractivity (Wildman–Crippen MR) is 503 cm³/mol. The minimum absolute atomic E-state index is 0.156. The molecule has 0 aliphatic carbocycles. The molecule has 0 rings (SSSR count). The Labute approximate surface area is 721 Å². The summed E-state index contributed by atoms with van der Waals surface area (Å²) in [7, 11) is 0. The average molecular weight is 1620 g/mol. The van der Waals surface area contributed by atoms with Gasteiger partial charge in [0.2, 0.25) is 0 Å². The molecule has 0 aromatic heterocycles. The van der Waals surface area contributed by atoms with Gasteiger partial charge in [-0.2, -0.15) is 0 Å². The number of hydrogen-bond donors (Lipinski definition) is 0. The highest BCUT2D eigenvalue weighted by Crippen LogP contribution is 2.27. The molecule has 115 heavy (non-hydrogen) atoms. The van der Waals surface area contributed by atoms with Gasteiger partial charge in [0.05, 0.1) is 0 Å². The van der Waals surface area contributed by atoms with Crippen molar-refractivity contribution in [3.05, 3.63) is 0 Å². The summed E-state index contributed by atoms with van der Waals surface area (Å²) < 4.78 is 24.3. The van der Waals surface area contributed by atoms with Gasteiger partial charge < -0.3 is 18.9 Å². The van der Waals surface area contributed by atoms with Crippen molar-refractivity contribution in [2.24, 2.45) is 11.3 Å². The predicted octanol–water partition coefficient (Wildman–Crippen LogP) is 36.8. The number of hydrogen-bond acceptors (Lipinski definition) is 8. The standard InChI is InChI=1S/C107H208O8/c1-6-9-12-15-18-21-24-27-30-33-36-39-42-45-48-51-54-57-60-63-69-74-79-84-89-94-103(108)112-98-107(101-115-106(111)97-92-87-82-77-72-67-66-68-73-78-83-88-93-102(4)5,99-113-104(109)95-90-85-80-75-70-64-61-58-55-52-49-46-43-40-37-34-31-28-25-22-19-16-13-10-7-2)100-114-105(110)96-91-86-81-76-71-65-62-59-56-53-50-47-44-41-38-35-32-29-26-23-20-17-14-11-8-3/h102H,6-101H2,1-5H3. The van der Waals surface area contributed by atoms with Gasteiger partial charge in [0.15, 0.2) is 0 Å². The molecule has 0 amide bonds. The summed E-state index contributed by atoms with van der Waals surface area (Å²) in [5.74, 6) is -0.449. The van der Waals surface area contributed by atoms with E-state index in [1.165, 1.54) is 488 Å². The highest BCUT2D eigenvalue weighted by Gasteiger charge is 2.38. The number of carbonyl (C=O) groups is 4. The third-order valence-corrected chi connectivity index (χ3v) is 25.5. The van der Waals surface area contributed by atoms with Crippen LogP contribution in [0.3, 0.4) is 0 Å². The molecule has 0 bridgehead atoms. The van der Waals surface area contributed by atoms with Crippen LogP contribution in [0.1, 0.15) is 625 Å². The monoisotopic (exact) mass is 1620 g/mol. The van der Waals surface area contributed by atoms with Crippen LogP contribution in [0.5, 0.6) is 0 Å². The molecule has 0 fully saturated rings. The highest BCUT2D eigenvalue weighted by atomic mass is 16.6. The third-order valence-electron chi connectivity index (χ3n) is 25.5. The summed E-state index contributed by atoms with van der Waals surface area (Å²) in [6.07, 6.45) is 117. The first kappa shape index (κ1) is 113. The van der Waals surface area contributed by atoms with E-state index in [1.807, 2.05) is 0 Å².